The monoisotopic (exact) mass is 374 g/mol. The Morgan fingerprint density at radius 2 is 2.04 bits per heavy atom. The maximum atomic E-state index is 12.6. The average Bonchev–Trinajstić information content (AvgIpc) is 2.88. The Labute approximate surface area is 152 Å². The highest BCUT2D eigenvalue weighted by Crippen LogP contribution is 2.25. The summed E-state index contributed by atoms with van der Waals surface area (Å²) in [6.45, 7) is 9.49. The van der Waals surface area contributed by atoms with Gasteiger partial charge in [0, 0.05) is 18.3 Å². The summed E-state index contributed by atoms with van der Waals surface area (Å²) in [7, 11) is 0. The largest absolute Gasteiger partial charge is 0.401 e. The first-order chi connectivity index (χ1) is 11.9. The van der Waals surface area contributed by atoms with E-state index in [2.05, 4.69) is 10.4 Å². The van der Waals surface area contributed by atoms with Crippen molar-refractivity contribution in [3.8, 4) is 0 Å². The fourth-order valence-electron chi connectivity index (χ4n) is 3.32. The number of amides is 1. The standard InChI is InChI=1S/C18H29F3N4O/c1-12(15-10-25(17(3,4)5)23-13(15)2)22-16(26)14-7-6-8-24(9-14)11-18(19,20)21/h10,12,14H,6-9,11H2,1-5H3,(H,22,26). The minimum Gasteiger partial charge on any atom is -0.349 e. The number of hydrogen-bond donors (Lipinski definition) is 1. The topological polar surface area (TPSA) is 50.2 Å². The molecule has 0 saturated carbocycles. The molecule has 0 bridgehead atoms. The van der Waals surface area contributed by atoms with Crippen LogP contribution in [-0.4, -0.2) is 46.4 Å². The molecule has 1 N–H and O–H groups in total. The number of aryl methyl sites for hydroxylation is 1. The van der Waals surface area contributed by atoms with Gasteiger partial charge in [-0.2, -0.15) is 18.3 Å². The smallest absolute Gasteiger partial charge is 0.349 e. The summed E-state index contributed by atoms with van der Waals surface area (Å²) in [5.41, 5.74) is 1.61. The summed E-state index contributed by atoms with van der Waals surface area (Å²) >= 11 is 0. The van der Waals surface area contributed by atoms with Gasteiger partial charge < -0.3 is 5.32 Å². The highest BCUT2D eigenvalue weighted by Gasteiger charge is 2.35. The van der Waals surface area contributed by atoms with E-state index in [4.69, 9.17) is 0 Å². The molecule has 8 heteroatoms. The number of alkyl halides is 3. The van der Waals surface area contributed by atoms with Crippen LogP contribution in [0.1, 0.15) is 57.8 Å². The molecule has 0 aliphatic carbocycles. The summed E-state index contributed by atoms with van der Waals surface area (Å²) in [5.74, 6) is -0.598. The molecule has 0 radical (unpaired) electrons. The van der Waals surface area contributed by atoms with Crippen molar-refractivity contribution in [2.24, 2.45) is 5.92 Å². The van der Waals surface area contributed by atoms with Crippen molar-refractivity contribution < 1.29 is 18.0 Å². The third kappa shape index (κ3) is 5.46. The number of nitrogens with one attached hydrogen (secondary N) is 1. The fraction of sp³-hybridized carbons (Fsp3) is 0.778. The van der Waals surface area contributed by atoms with Gasteiger partial charge in [0.2, 0.25) is 5.91 Å². The first-order valence-corrected chi connectivity index (χ1v) is 9.03. The van der Waals surface area contributed by atoms with E-state index in [1.165, 1.54) is 4.90 Å². The van der Waals surface area contributed by atoms with E-state index in [0.717, 1.165) is 11.3 Å². The molecule has 2 rings (SSSR count). The van der Waals surface area contributed by atoms with E-state index in [-0.39, 0.29) is 24.0 Å². The zero-order chi connectivity index (χ0) is 19.7. The number of hydrogen-bond acceptors (Lipinski definition) is 3. The zero-order valence-corrected chi connectivity index (χ0v) is 16.2. The van der Waals surface area contributed by atoms with Gasteiger partial charge in [0.15, 0.2) is 0 Å². The molecule has 2 atom stereocenters. The Kier molecular flexibility index (Phi) is 6.05. The van der Waals surface area contributed by atoms with Gasteiger partial charge in [0.05, 0.1) is 29.7 Å². The van der Waals surface area contributed by atoms with Crippen molar-refractivity contribution in [3.05, 3.63) is 17.5 Å². The van der Waals surface area contributed by atoms with Crippen LogP contribution in [0.3, 0.4) is 0 Å². The van der Waals surface area contributed by atoms with E-state index < -0.39 is 18.6 Å². The second-order valence-corrected chi connectivity index (χ2v) is 8.20. The van der Waals surface area contributed by atoms with E-state index in [1.54, 1.807) is 0 Å². The van der Waals surface area contributed by atoms with Crippen molar-refractivity contribution in [1.29, 1.82) is 0 Å². The number of nitrogens with zero attached hydrogens (tertiary/aromatic N) is 3. The van der Waals surface area contributed by atoms with Gasteiger partial charge in [-0.1, -0.05) is 0 Å². The number of piperidine rings is 1. The van der Waals surface area contributed by atoms with Crippen LogP contribution in [0.25, 0.3) is 0 Å². The van der Waals surface area contributed by atoms with Crippen LogP contribution in [0.2, 0.25) is 0 Å². The van der Waals surface area contributed by atoms with Crippen molar-refractivity contribution in [2.45, 2.75) is 65.2 Å². The molecular formula is C18H29F3N4O. The molecule has 1 amide bonds. The SMILES string of the molecule is Cc1nn(C(C)(C)C)cc1C(C)NC(=O)C1CCCN(CC(F)(F)F)C1. The van der Waals surface area contributed by atoms with Gasteiger partial charge in [0.1, 0.15) is 0 Å². The van der Waals surface area contributed by atoms with Crippen LogP contribution < -0.4 is 5.32 Å². The number of rotatable bonds is 4. The number of aromatic nitrogens is 2. The third-order valence-electron chi connectivity index (χ3n) is 4.73. The fourth-order valence-corrected chi connectivity index (χ4v) is 3.32. The summed E-state index contributed by atoms with van der Waals surface area (Å²) in [4.78, 5) is 13.9. The molecule has 26 heavy (non-hydrogen) atoms. The Morgan fingerprint density at radius 1 is 1.38 bits per heavy atom. The van der Waals surface area contributed by atoms with Crippen LogP contribution in [0.4, 0.5) is 13.2 Å². The van der Waals surface area contributed by atoms with Crippen molar-refractivity contribution >= 4 is 5.91 Å². The number of halogens is 3. The van der Waals surface area contributed by atoms with Gasteiger partial charge in [-0.05, 0) is 54.0 Å². The van der Waals surface area contributed by atoms with Gasteiger partial charge in [-0.15, -0.1) is 0 Å². The average molecular weight is 374 g/mol. The molecule has 2 heterocycles. The van der Waals surface area contributed by atoms with Crippen LogP contribution in [0.15, 0.2) is 6.20 Å². The molecule has 1 aromatic rings. The third-order valence-corrected chi connectivity index (χ3v) is 4.73. The maximum Gasteiger partial charge on any atom is 0.401 e. The van der Waals surface area contributed by atoms with E-state index >= 15 is 0 Å². The maximum absolute atomic E-state index is 12.6. The van der Waals surface area contributed by atoms with E-state index in [1.807, 2.05) is 45.5 Å². The summed E-state index contributed by atoms with van der Waals surface area (Å²) in [5, 5.41) is 7.46. The Bertz CT molecular complexity index is 633. The second-order valence-electron chi connectivity index (χ2n) is 8.20. The Balaban J connectivity index is 1.99. The van der Waals surface area contributed by atoms with Gasteiger partial charge >= 0.3 is 6.18 Å². The predicted molar refractivity (Wildman–Crippen MR) is 93.7 cm³/mol. The lowest BCUT2D eigenvalue weighted by Crippen LogP contribution is -2.46. The molecule has 1 aliphatic heterocycles. The first kappa shape index (κ1) is 20.7. The molecular weight excluding hydrogens is 345 g/mol. The lowest BCUT2D eigenvalue weighted by Gasteiger charge is -2.32. The Morgan fingerprint density at radius 3 is 2.58 bits per heavy atom. The minimum absolute atomic E-state index is 0.151. The van der Waals surface area contributed by atoms with E-state index in [9.17, 15) is 18.0 Å². The van der Waals surface area contributed by atoms with Gasteiger partial charge in [0.25, 0.3) is 0 Å². The van der Waals surface area contributed by atoms with Crippen molar-refractivity contribution in [3.63, 3.8) is 0 Å². The number of carbonyl (C=O) groups is 1. The molecule has 1 fully saturated rings. The normalized spacial score (nSPS) is 20.8. The lowest BCUT2D eigenvalue weighted by atomic mass is 9.96. The molecule has 1 aliphatic rings. The van der Waals surface area contributed by atoms with E-state index in [0.29, 0.717) is 19.4 Å². The quantitative estimate of drug-likeness (QED) is 0.879. The van der Waals surface area contributed by atoms with Crippen LogP contribution in [0.5, 0.6) is 0 Å². The minimum atomic E-state index is -4.23. The first-order valence-electron chi connectivity index (χ1n) is 9.03. The zero-order valence-electron chi connectivity index (χ0n) is 16.2. The summed E-state index contributed by atoms with van der Waals surface area (Å²) in [6, 6.07) is -0.239. The van der Waals surface area contributed by atoms with Crippen LogP contribution >= 0.6 is 0 Å². The molecule has 1 saturated heterocycles. The number of carbonyl (C=O) groups excluding carboxylic acids is 1. The summed E-state index contributed by atoms with van der Waals surface area (Å²) < 4.78 is 39.6. The van der Waals surface area contributed by atoms with Crippen molar-refractivity contribution in [2.75, 3.05) is 19.6 Å². The highest BCUT2D eigenvalue weighted by molar-refractivity contribution is 5.79. The highest BCUT2D eigenvalue weighted by atomic mass is 19.4. The summed E-state index contributed by atoms with van der Waals surface area (Å²) in [6.07, 6.45) is -1.09. The molecule has 5 nitrogen and oxygen atoms in total. The number of likely N-dealkylation sites (tertiary alicyclic amines) is 1. The van der Waals surface area contributed by atoms with Crippen molar-refractivity contribution in [1.82, 2.24) is 20.0 Å². The predicted octanol–water partition coefficient (Wildman–Crippen LogP) is 3.40. The lowest BCUT2D eigenvalue weighted by molar-refractivity contribution is -0.152. The molecule has 1 aromatic heterocycles. The van der Waals surface area contributed by atoms with Gasteiger partial charge in [-0.25, -0.2) is 0 Å². The molecule has 0 spiro atoms. The molecule has 2 unspecified atom stereocenters. The second kappa shape index (κ2) is 7.58. The molecule has 0 aromatic carbocycles. The van der Waals surface area contributed by atoms with Crippen LogP contribution in [0, 0.1) is 12.8 Å². The Hall–Kier alpha value is -1.57. The van der Waals surface area contributed by atoms with Gasteiger partial charge in [-0.3, -0.25) is 14.4 Å². The van der Waals surface area contributed by atoms with Crippen LogP contribution in [-0.2, 0) is 10.3 Å². The molecule has 148 valence electrons.